The van der Waals surface area contributed by atoms with Crippen LogP contribution in [0.4, 0.5) is 10.8 Å². The van der Waals surface area contributed by atoms with Crippen molar-refractivity contribution in [3.63, 3.8) is 0 Å². The van der Waals surface area contributed by atoms with E-state index in [1.165, 1.54) is 11.3 Å². The zero-order chi connectivity index (χ0) is 13.7. The second-order valence-electron chi connectivity index (χ2n) is 3.62. The molecule has 2 rings (SSSR count). The average molecular weight is 299 g/mol. The van der Waals surface area contributed by atoms with E-state index < -0.39 is 0 Å². The van der Waals surface area contributed by atoms with Crippen LogP contribution in [0.2, 0.25) is 5.15 Å². The fourth-order valence-corrected chi connectivity index (χ4v) is 2.42. The summed E-state index contributed by atoms with van der Waals surface area (Å²) in [6.07, 6.45) is 0. The van der Waals surface area contributed by atoms with Crippen molar-refractivity contribution < 1.29 is 9.47 Å². The lowest BCUT2D eigenvalue weighted by molar-refractivity contribution is 0.332. The lowest BCUT2D eigenvalue weighted by Crippen LogP contribution is -1.99. The summed E-state index contributed by atoms with van der Waals surface area (Å²) < 4.78 is 11.1. The van der Waals surface area contributed by atoms with Gasteiger partial charge in [-0.3, -0.25) is 0 Å². The number of halogens is 1. The minimum atomic E-state index is 0.478. The molecule has 0 radical (unpaired) electrons. The molecule has 0 atom stereocenters. The van der Waals surface area contributed by atoms with Gasteiger partial charge in [0.15, 0.2) is 5.13 Å². The monoisotopic (exact) mass is 298 g/mol. The highest BCUT2D eigenvalue weighted by molar-refractivity contribution is 7.14. The van der Waals surface area contributed by atoms with Gasteiger partial charge in [-0.1, -0.05) is 11.6 Å². The SMILES string of the molecule is CCOc1ccc(OCC)c(Nc2nc(Cl)cs2)c1. The number of benzene rings is 1. The molecule has 1 aromatic heterocycles. The van der Waals surface area contributed by atoms with E-state index in [1.54, 1.807) is 5.38 Å². The fraction of sp³-hybridized carbons (Fsp3) is 0.308. The van der Waals surface area contributed by atoms with Crippen LogP contribution in [-0.4, -0.2) is 18.2 Å². The van der Waals surface area contributed by atoms with Crippen LogP contribution in [0.25, 0.3) is 0 Å². The molecule has 0 saturated carbocycles. The lowest BCUT2D eigenvalue weighted by Gasteiger charge is -2.12. The molecule has 19 heavy (non-hydrogen) atoms. The van der Waals surface area contributed by atoms with E-state index in [2.05, 4.69) is 10.3 Å². The van der Waals surface area contributed by atoms with E-state index in [4.69, 9.17) is 21.1 Å². The van der Waals surface area contributed by atoms with Crippen molar-refractivity contribution in [2.24, 2.45) is 0 Å². The Morgan fingerprint density at radius 3 is 2.68 bits per heavy atom. The van der Waals surface area contributed by atoms with Crippen LogP contribution >= 0.6 is 22.9 Å². The van der Waals surface area contributed by atoms with Crippen molar-refractivity contribution in [2.75, 3.05) is 18.5 Å². The van der Waals surface area contributed by atoms with Gasteiger partial charge in [0.1, 0.15) is 16.7 Å². The molecule has 0 unspecified atom stereocenters. The molecule has 0 amide bonds. The third-order valence-corrected chi connectivity index (χ3v) is 3.36. The maximum atomic E-state index is 5.81. The van der Waals surface area contributed by atoms with E-state index >= 15 is 0 Å². The number of aromatic nitrogens is 1. The van der Waals surface area contributed by atoms with Crippen LogP contribution in [0.3, 0.4) is 0 Å². The summed E-state index contributed by atoms with van der Waals surface area (Å²) in [5.74, 6) is 1.55. The predicted molar refractivity (Wildman–Crippen MR) is 79.2 cm³/mol. The minimum Gasteiger partial charge on any atom is -0.494 e. The number of nitrogens with one attached hydrogen (secondary N) is 1. The molecule has 1 heterocycles. The first kappa shape index (κ1) is 14.0. The largest absolute Gasteiger partial charge is 0.494 e. The van der Waals surface area contributed by atoms with Crippen LogP contribution in [0.5, 0.6) is 11.5 Å². The number of thiazole rings is 1. The summed E-state index contributed by atoms with van der Waals surface area (Å²) in [6, 6.07) is 5.66. The van der Waals surface area contributed by atoms with Crippen LogP contribution in [-0.2, 0) is 0 Å². The standard InChI is InChI=1S/C13H15ClN2O2S/c1-3-17-9-5-6-11(18-4-2)10(7-9)15-13-16-12(14)8-19-13/h5-8H,3-4H2,1-2H3,(H,15,16). The van der Waals surface area contributed by atoms with Gasteiger partial charge in [-0.05, 0) is 26.0 Å². The van der Waals surface area contributed by atoms with Gasteiger partial charge >= 0.3 is 0 Å². The number of ether oxygens (including phenoxy) is 2. The van der Waals surface area contributed by atoms with Crippen molar-refractivity contribution in [3.8, 4) is 11.5 Å². The van der Waals surface area contributed by atoms with Crippen LogP contribution in [0, 0.1) is 0 Å². The van der Waals surface area contributed by atoms with Crippen molar-refractivity contribution in [3.05, 3.63) is 28.7 Å². The first-order chi connectivity index (χ1) is 9.22. The Morgan fingerprint density at radius 1 is 1.26 bits per heavy atom. The Kier molecular flexibility index (Phi) is 4.87. The van der Waals surface area contributed by atoms with E-state index in [1.807, 2.05) is 32.0 Å². The molecule has 0 bridgehead atoms. The summed E-state index contributed by atoms with van der Waals surface area (Å²) in [7, 11) is 0. The predicted octanol–water partition coefficient (Wildman–Crippen LogP) is 4.34. The van der Waals surface area contributed by atoms with Crippen LogP contribution < -0.4 is 14.8 Å². The van der Waals surface area contributed by atoms with E-state index in [0.717, 1.165) is 22.3 Å². The van der Waals surface area contributed by atoms with Gasteiger partial charge in [-0.25, -0.2) is 4.98 Å². The molecule has 1 aromatic carbocycles. The first-order valence-electron chi connectivity index (χ1n) is 6.00. The van der Waals surface area contributed by atoms with E-state index in [-0.39, 0.29) is 0 Å². The molecular formula is C13H15ClN2O2S. The number of hydrogen-bond acceptors (Lipinski definition) is 5. The number of nitrogens with zero attached hydrogens (tertiary/aromatic N) is 1. The van der Waals surface area contributed by atoms with Gasteiger partial charge < -0.3 is 14.8 Å². The number of rotatable bonds is 6. The molecule has 2 aromatic rings. The highest BCUT2D eigenvalue weighted by Crippen LogP contribution is 2.33. The summed E-state index contributed by atoms with van der Waals surface area (Å²) >= 11 is 7.25. The third kappa shape index (κ3) is 3.75. The molecule has 102 valence electrons. The van der Waals surface area contributed by atoms with Gasteiger partial charge in [0.05, 0.1) is 18.9 Å². The Balaban J connectivity index is 2.25. The summed E-state index contributed by atoms with van der Waals surface area (Å²) in [6.45, 7) is 5.11. The summed E-state index contributed by atoms with van der Waals surface area (Å²) in [4.78, 5) is 4.16. The second-order valence-corrected chi connectivity index (χ2v) is 4.87. The number of hydrogen-bond donors (Lipinski definition) is 1. The lowest BCUT2D eigenvalue weighted by atomic mass is 10.2. The Hall–Kier alpha value is -1.46. The zero-order valence-electron chi connectivity index (χ0n) is 10.8. The molecule has 0 fully saturated rings. The highest BCUT2D eigenvalue weighted by Gasteiger charge is 2.08. The molecule has 0 aliphatic heterocycles. The maximum absolute atomic E-state index is 5.81. The zero-order valence-corrected chi connectivity index (χ0v) is 12.3. The summed E-state index contributed by atoms with van der Waals surface area (Å²) in [5.41, 5.74) is 0.818. The molecule has 0 aliphatic rings. The quantitative estimate of drug-likeness (QED) is 0.861. The Morgan fingerprint density at radius 2 is 2.05 bits per heavy atom. The molecule has 6 heteroatoms. The van der Waals surface area contributed by atoms with Gasteiger partial charge in [0.25, 0.3) is 0 Å². The van der Waals surface area contributed by atoms with E-state index in [9.17, 15) is 0 Å². The van der Waals surface area contributed by atoms with Crippen molar-refractivity contribution in [1.82, 2.24) is 4.98 Å². The molecular weight excluding hydrogens is 284 g/mol. The second kappa shape index (κ2) is 6.63. The maximum Gasteiger partial charge on any atom is 0.188 e. The van der Waals surface area contributed by atoms with Crippen LogP contribution in [0.15, 0.2) is 23.6 Å². The Labute approximate surface area is 121 Å². The van der Waals surface area contributed by atoms with Crippen LogP contribution in [0.1, 0.15) is 13.8 Å². The summed E-state index contributed by atoms with van der Waals surface area (Å²) in [5, 5.41) is 6.17. The first-order valence-corrected chi connectivity index (χ1v) is 7.26. The van der Waals surface area contributed by atoms with E-state index in [0.29, 0.717) is 18.4 Å². The normalized spacial score (nSPS) is 10.3. The highest BCUT2D eigenvalue weighted by atomic mass is 35.5. The Bertz CT molecular complexity index is 545. The van der Waals surface area contributed by atoms with Crippen molar-refractivity contribution >= 4 is 33.8 Å². The molecule has 0 saturated heterocycles. The van der Waals surface area contributed by atoms with Crippen molar-refractivity contribution in [1.29, 1.82) is 0 Å². The van der Waals surface area contributed by atoms with Gasteiger partial charge in [-0.15, -0.1) is 11.3 Å². The molecule has 0 spiro atoms. The average Bonchev–Trinajstić information content (AvgIpc) is 2.79. The van der Waals surface area contributed by atoms with Crippen molar-refractivity contribution in [2.45, 2.75) is 13.8 Å². The van der Waals surface area contributed by atoms with Gasteiger partial charge in [-0.2, -0.15) is 0 Å². The number of anilines is 2. The smallest absolute Gasteiger partial charge is 0.188 e. The molecule has 0 aliphatic carbocycles. The van der Waals surface area contributed by atoms with Gasteiger partial charge in [0, 0.05) is 11.4 Å². The van der Waals surface area contributed by atoms with Gasteiger partial charge in [0.2, 0.25) is 0 Å². The third-order valence-electron chi connectivity index (χ3n) is 2.28. The fourth-order valence-electron chi connectivity index (χ4n) is 1.57. The molecule has 1 N–H and O–H groups in total. The topological polar surface area (TPSA) is 43.4 Å². The minimum absolute atomic E-state index is 0.478. The molecule has 4 nitrogen and oxygen atoms in total.